The molecule has 0 amide bonds. The van der Waals surface area contributed by atoms with Gasteiger partial charge in [0.05, 0.1) is 18.8 Å². The van der Waals surface area contributed by atoms with Crippen molar-refractivity contribution in [3.8, 4) is 0 Å². The van der Waals surface area contributed by atoms with Gasteiger partial charge in [-0.25, -0.2) is 4.98 Å². The highest BCUT2D eigenvalue weighted by atomic mass is 32.1. The number of thiazole rings is 1. The molecule has 2 aromatic heterocycles. The molecule has 5 nitrogen and oxygen atoms in total. The topological polar surface area (TPSA) is 50.5 Å². The first-order valence-corrected chi connectivity index (χ1v) is 7.90. The Bertz CT molecular complexity index is 565. The Labute approximate surface area is 129 Å². The minimum atomic E-state index is 0.547. The molecule has 0 spiro atoms. The largest absolute Gasteiger partial charge is 0.464 e. The van der Waals surface area contributed by atoms with Gasteiger partial charge in [-0.3, -0.25) is 0 Å². The van der Waals surface area contributed by atoms with Crippen LogP contribution in [-0.2, 0) is 24.4 Å². The summed E-state index contributed by atoms with van der Waals surface area (Å²) in [5, 5.41) is 4.34. The van der Waals surface area contributed by atoms with Crippen molar-refractivity contribution < 1.29 is 9.15 Å². The first kappa shape index (κ1) is 16.0. The fourth-order valence-corrected chi connectivity index (χ4v) is 3.02. The molecule has 0 unspecified atom stereocenters. The predicted octanol–water partition coefficient (Wildman–Crippen LogP) is 2.94. The van der Waals surface area contributed by atoms with E-state index < -0.39 is 0 Å². The number of hydrogen-bond donors (Lipinski definition) is 1. The van der Waals surface area contributed by atoms with E-state index in [0.717, 1.165) is 35.4 Å². The Morgan fingerprint density at radius 2 is 2.24 bits per heavy atom. The number of furan rings is 1. The van der Waals surface area contributed by atoms with Crippen LogP contribution in [0.15, 0.2) is 16.5 Å². The standard InChI is InChI=1S/C15H23N3O2S/c1-5-16-8-14-13(10-19-4)17-15(21-14)18(3)9-12-7-6-11(2)20-12/h6-7,16H,5,8-10H2,1-4H3. The van der Waals surface area contributed by atoms with Gasteiger partial charge in [0, 0.05) is 25.6 Å². The molecule has 21 heavy (non-hydrogen) atoms. The van der Waals surface area contributed by atoms with Gasteiger partial charge in [0.25, 0.3) is 0 Å². The molecule has 0 aliphatic carbocycles. The number of aryl methyl sites for hydroxylation is 1. The smallest absolute Gasteiger partial charge is 0.186 e. The molecule has 2 rings (SSSR count). The summed E-state index contributed by atoms with van der Waals surface area (Å²) in [7, 11) is 3.73. The Morgan fingerprint density at radius 3 is 2.86 bits per heavy atom. The van der Waals surface area contributed by atoms with E-state index in [1.807, 2.05) is 26.1 Å². The Kier molecular flexibility index (Phi) is 5.78. The maximum atomic E-state index is 5.62. The van der Waals surface area contributed by atoms with Crippen molar-refractivity contribution in [2.45, 2.75) is 33.5 Å². The van der Waals surface area contributed by atoms with Crippen molar-refractivity contribution in [3.05, 3.63) is 34.2 Å². The zero-order valence-electron chi connectivity index (χ0n) is 13.1. The third kappa shape index (κ3) is 4.30. The number of anilines is 1. The number of rotatable bonds is 8. The summed E-state index contributed by atoms with van der Waals surface area (Å²) < 4.78 is 10.9. The van der Waals surface area contributed by atoms with Crippen LogP contribution in [0.4, 0.5) is 5.13 Å². The number of ether oxygens (including phenoxy) is 1. The number of nitrogens with zero attached hydrogens (tertiary/aromatic N) is 2. The minimum absolute atomic E-state index is 0.547. The molecule has 2 heterocycles. The third-order valence-corrected chi connectivity index (χ3v) is 4.31. The lowest BCUT2D eigenvalue weighted by molar-refractivity contribution is 0.181. The van der Waals surface area contributed by atoms with Gasteiger partial charge >= 0.3 is 0 Å². The van der Waals surface area contributed by atoms with E-state index in [4.69, 9.17) is 14.1 Å². The van der Waals surface area contributed by atoms with Gasteiger partial charge in [0.1, 0.15) is 11.5 Å². The SMILES string of the molecule is CCNCc1sc(N(C)Cc2ccc(C)o2)nc1COC. The summed E-state index contributed by atoms with van der Waals surface area (Å²) >= 11 is 1.70. The van der Waals surface area contributed by atoms with Gasteiger partial charge in [-0.15, -0.1) is 11.3 Å². The summed E-state index contributed by atoms with van der Waals surface area (Å²) in [6.45, 7) is 7.10. The highest BCUT2D eigenvalue weighted by Gasteiger charge is 2.14. The lowest BCUT2D eigenvalue weighted by Gasteiger charge is -2.13. The quantitative estimate of drug-likeness (QED) is 0.812. The summed E-state index contributed by atoms with van der Waals surface area (Å²) in [5.74, 6) is 1.89. The second-order valence-corrected chi connectivity index (χ2v) is 6.01. The van der Waals surface area contributed by atoms with Crippen LogP contribution in [0, 0.1) is 6.92 Å². The van der Waals surface area contributed by atoms with Crippen LogP contribution < -0.4 is 10.2 Å². The van der Waals surface area contributed by atoms with Crippen LogP contribution in [0.25, 0.3) is 0 Å². The number of hydrogen-bond acceptors (Lipinski definition) is 6. The molecular weight excluding hydrogens is 286 g/mol. The van der Waals surface area contributed by atoms with Gasteiger partial charge in [-0.2, -0.15) is 0 Å². The van der Waals surface area contributed by atoms with Gasteiger partial charge in [-0.05, 0) is 25.6 Å². The van der Waals surface area contributed by atoms with Crippen molar-refractivity contribution in [1.82, 2.24) is 10.3 Å². The van der Waals surface area contributed by atoms with E-state index in [2.05, 4.69) is 17.1 Å². The molecule has 0 saturated carbocycles. The van der Waals surface area contributed by atoms with Crippen molar-refractivity contribution in [2.24, 2.45) is 0 Å². The van der Waals surface area contributed by atoms with Crippen molar-refractivity contribution in [1.29, 1.82) is 0 Å². The molecule has 0 atom stereocenters. The Morgan fingerprint density at radius 1 is 1.43 bits per heavy atom. The highest BCUT2D eigenvalue weighted by Crippen LogP contribution is 2.27. The molecule has 116 valence electrons. The number of nitrogens with one attached hydrogen (secondary N) is 1. The third-order valence-electron chi connectivity index (χ3n) is 3.10. The van der Waals surface area contributed by atoms with Gasteiger partial charge in [0.15, 0.2) is 5.13 Å². The predicted molar refractivity (Wildman–Crippen MR) is 85.8 cm³/mol. The van der Waals surface area contributed by atoms with E-state index >= 15 is 0 Å². The molecule has 0 aliphatic heterocycles. The second-order valence-electron chi connectivity index (χ2n) is 4.95. The van der Waals surface area contributed by atoms with E-state index in [-0.39, 0.29) is 0 Å². The molecule has 0 aromatic carbocycles. The maximum Gasteiger partial charge on any atom is 0.186 e. The summed E-state index contributed by atoms with van der Waals surface area (Å²) in [6.07, 6.45) is 0. The lowest BCUT2D eigenvalue weighted by Crippen LogP contribution is -2.15. The molecule has 0 saturated heterocycles. The zero-order valence-corrected chi connectivity index (χ0v) is 13.9. The Hall–Kier alpha value is -1.37. The number of methoxy groups -OCH3 is 1. The average Bonchev–Trinajstić information content (AvgIpc) is 3.04. The molecule has 0 radical (unpaired) electrons. The van der Waals surface area contributed by atoms with E-state index in [1.54, 1.807) is 18.4 Å². The molecular formula is C15H23N3O2S. The fourth-order valence-electron chi connectivity index (χ4n) is 2.03. The van der Waals surface area contributed by atoms with Crippen LogP contribution in [0.5, 0.6) is 0 Å². The fraction of sp³-hybridized carbons (Fsp3) is 0.533. The molecule has 2 aromatic rings. The Balaban J connectivity index is 2.10. The lowest BCUT2D eigenvalue weighted by atomic mass is 10.3. The average molecular weight is 309 g/mol. The molecule has 1 N–H and O–H groups in total. The second kappa shape index (κ2) is 7.59. The van der Waals surface area contributed by atoms with Gasteiger partial charge < -0.3 is 19.4 Å². The molecule has 0 aliphatic rings. The van der Waals surface area contributed by atoms with Crippen LogP contribution in [0.2, 0.25) is 0 Å². The van der Waals surface area contributed by atoms with E-state index in [9.17, 15) is 0 Å². The minimum Gasteiger partial charge on any atom is -0.464 e. The van der Waals surface area contributed by atoms with Crippen LogP contribution >= 0.6 is 11.3 Å². The normalized spacial score (nSPS) is 11.0. The van der Waals surface area contributed by atoms with Crippen LogP contribution in [0.3, 0.4) is 0 Å². The van der Waals surface area contributed by atoms with E-state index in [1.165, 1.54) is 4.88 Å². The summed E-state index contributed by atoms with van der Waals surface area (Å²) in [6, 6.07) is 3.99. The first-order chi connectivity index (χ1) is 10.1. The van der Waals surface area contributed by atoms with Crippen molar-refractivity contribution >= 4 is 16.5 Å². The highest BCUT2D eigenvalue weighted by molar-refractivity contribution is 7.15. The zero-order chi connectivity index (χ0) is 15.2. The first-order valence-electron chi connectivity index (χ1n) is 7.08. The van der Waals surface area contributed by atoms with Gasteiger partial charge in [0.2, 0.25) is 0 Å². The maximum absolute atomic E-state index is 5.62. The van der Waals surface area contributed by atoms with Gasteiger partial charge in [-0.1, -0.05) is 6.92 Å². The summed E-state index contributed by atoms with van der Waals surface area (Å²) in [4.78, 5) is 8.03. The van der Waals surface area contributed by atoms with Crippen molar-refractivity contribution in [2.75, 3.05) is 25.6 Å². The van der Waals surface area contributed by atoms with Crippen LogP contribution in [0.1, 0.15) is 29.0 Å². The number of aromatic nitrogens is 1. The van der Waals surface area contributed by atoms with Crippen molar-refractivity contribution in [3.63, 3.8) is 0 Å². The molecule has 6 heteroatoms. The van der Waals surface area contributed by atoms with E-state index in [0.29, 0.717) is 13.2 Å². The monoisotopic (exact) mass is 309 g/mol. The molecule has 0 bridgehead atoms. The summed E-state index contributed by atoms with van der Waals surface area (Å²) in [5.41, 5.74) is 1.01. The molecule has 0 fully saturated rings. The van der Waals surface area contributed by atoms with Crippen LogP contribution in [-0.4, -0.2) is 25.7 Å².